The van der Waals surface area contributed by atoms with E-state index >= 15 is 0 Å². The van der Waals surface area contributed by atoms with Crippen LogP contribution in [0.4, 0.5) is 0 Å². The minimum absolute atomic E-state index is 0.0201. The zero-order valence-corrected chi connectivity index (χ0v) is 12.5. The van der Waals surface area contributed by atoms with Gasteiger partial charge in [0.1, 0.15) is 5.75 Å². The Balaban J connectivity index is 1.93. The first kappa shape index (κ1) is 13.9. The van der Waals surface area contributed by atoms with E-state index in [-0.39, 0.29) is 17.7 Å². The summed E-state index contributed by atoms with van der Waals surface area (Å²) in [6, 6.07) is 12.3. The molecular weight excluding hydrogens is 266 g/mol. The van der Waals surface area contributed by atoms with Gasteiger partial charge in [0.15, 0.2) is 0 Å². The zero-order valence-electron chi connectivity index (χ0n) is 12.5. The van der Waals surface area contributed by atoms with Gasteiger partial charge in [-0.05, 0) is 40.8 Å². The molecular formula is C17H19NO3. The van der Waals surface area contributed by atoms with Gasteiger partial charge >= 0.3 is 0 Å². The summed E-state index contributed by atoms with van der Waals surface area (Å²) in [5.41, 5.74) is 1.22. The summed E-state index contributed by atoms with van der Waals surface area (Å²) in [4.78, 5) is 17.1. The Morgan fingerprint density at radius 2 is 2.05 bits per heavy atom. The summed E-state index contributed by atoms with van der Waals surface area (Å²) in [6.07, 6.45) is 0.878. The first-order valence-electron chi connectivity index (χ1n) is 7.04. The predicted molar refractivity (Wildman–Crippen MR) is 81.1 cm³/mol. The maximum atomic E-state index is 12.2. The van der Waals surface area contributed by atoms with Crippen LogP contribution >= 0.6 is 0 Å². The molecule has 0 aliphatic heterocycles. The third-order valence-corrected chi connectivity index (χ3v) is 4.21. The van der Waals surface area contributed by atoms with Crippen LogP contribution in [0.2, 0.25) is 0 Å². The number of hydrogen-bond donors (Lipinski definition) is 0. The minimum Gasteiger partial charge on any atom is -0.497 e. The number of carbonyl (C=O) groups excluding carboxylic acids is 1. The molecule has 4 heteroatoms. The number of amides is 1. The standard InChI is InChI=1S/C17H19NO3/c1-18(21-3)17(19)16-10-15(16)13-6-4-5-11-7-8-12(20-2)9-14(11)13/h4-9,15-16H,10H2,1-3H3/t15-,16+/m0/s1. The smallest absolute Gasteiger partial charge is 0.249 e. The monoisotopic (exact) mass is 285 g/mol. The van der Waals surface area contributed by atoms with Crippen molar-refractivity contribution in [1.29, 1.82) is 0 Å². The van der Waals surface area contributed by atoms with Gasteiger partial charge in [-0.3, -0.25) is 9.63 Å². The summed E-state index contributed by atoms with van der Waals surface area (Å²) in [7, 11) is 4.84. The quantitative estimate of drug-likeness (QED) is 0.811. The van der Waals surface area contributed by atoms with Crippen LogP contribution < -0.4 is 4.74 Å². The van der Waals surface area contributed by atoms with Gasteiger partial charge in [-0.15, -0.1) is 0 Å². The molecule has 1 amide bonds. The number of fused-ring (bicyclic) bond motifs is 1. The number of nitrogens with zero attached hydrogens (tertiary/aromatic N) is 1. The molecule has 2 aromatic carbocycles. The molecule has 3 rings (SSSR count). The lowest BCUT2D eigenvalue weighted by molar-refractivity contribution is -0.170. The average Bonchev–Trinajstić information content (AvgIpc) is 3.32. The predicted octanol–water partition coefficient (Wildman–Crippen LogP) is 2.97. The Kier molecular flexibility index (Phi) is 3.55. The van der Waals surface area contributed by atoms with Gasteiger partial charge in [0.05, 0.1) is 14.2 Å². The summed E-state index contributed by atoms with van der Waals surface area (Å²) >= 11 is 0. The second-order valence-electron chi connectivity index (χ2n) is 5.40. The van der Waals surface area contributed by atoms with Gasteiger partial charge in [0.25, 0.3) is 0 Å². The number of methoxy groups -OCH3 is 1. The van der Waals surface area contributed by atoms with Gasteiger partial charge in [0.2, 0.25) is 5.91 Å². The number of ether oxygens (including phenoxy) is 1. The number of carbonyl (C=O) groups is 1. The van der Waals surface area contributed by atoms with Crippen molar-refractivity contribution in [2.75, 3.05) is 21.3 Å². The molecule has 4 nitrogen and oxygen atoms in total. The van der Waals surface area contributed by atoms with E-state index in [1.54, 1.807) is 14.2 Å². The Morgan fingerprint density at radius 1 is 1.24 bits per heavy atom. The molecule has 0 radical (unpaired) electrons. The van der Waals surface area contributed by atoms with E-state index in [2.05, 4.69) is 18.2 Å². The number of benzene rings is 2. The van der Waals surface area contributed by atoms with Crippen molar-refractivity contribution in [3.63, 3.8) is 0 Å². The zero-order chi connectivity index (χ0) is 15.0. The van der Waals surface area contributed by atoms with Crippen molar-refractivity contribution < 1.29 is 14.4 Å². The first-order chi connectivity index (χ1) is 10.2. The first-order valence-corrected chi connectivity index (χ1v) is 7.04. The molecule has 110 valence electrons. The van der Waals surface area contributed by atoms with E-state index < -0.39 is 0 Å². The van der Waals surface area contributed by atoms with Crippen LogP contribution in [0, 0.1) is 5.92 Å². The largest absolute Gasteiger partial charge is 0.497 e. The normalized spacial score (nSPS) is 20.3. The summed E-state index contributed by atoms with van der Waals surface area (Å²) in [5, 5.41) is 3.65. The van der Waals surface area contributed by atoms with E-state index in [9.17, 15) is 4.79 Å². The van der Waals surface area contributed by atoms with Gasteiger partial charge in [0, 0.05) is 13.0 Å². The molecule has 1 aliphatic carbocycles. The van der Waals surface area contributed by atoms with Gasteiger partial charge in [-0.1, -0.05) is 24.3 Å². The van der Waals surface area contributed by atoms with E-state index in [4.69, 9.17) is 9.57 Å². The highest BCUT2D eigenvalue weighted by molar-refractivity contribution is 5.90. The van der Waals surface area contributed by atoms with Crippen LogP contribution in [-0.4, -0.2) is 32.2 Å². The van der Waals surface area contributed by atoms with Crippen LogP contribution in [0.1, 0.15) is 17.9 Å². The lowest BCUT2D eigenvalue weighted by atomic mass is 9.99. The molecule has 0 bridgehead atoms. The van der Waals surface area contributed by atoms with Crippen molar-refractivity contribution in [2.24, 2.45) is 5.92 Å². The highest BCUT2D eigenvalue weighted by Gasteiger charge is 2.46. The molecule has 0 aromatic heterocycles. The highest BCUT2D eigenvalue weighted by atomic mass is 16.7. The fourth-order valence-corrected chi connectivity index (χ4v) is 2.86. The van der Waals surface area contributed by atoms with E-state index in [1.807, 2.05) is 18.2 Å². The topological polar surface area (TPSA) is 38.8 Å². The molecule has 2 atom stereocenters. The van der Waals surface area contributed by atoms with Gasteiger partial charge in [-0.25, -0.2) is 5.06 Å². The minimum atomic E-state index is 0.0201. The van der Waals surface area contributed by atoms with Gasteiger partial charge in [-0.2, -0.15) is 0 Å². The second-order valence-corrected chi connectivity index (χ2v) is 5.40. The summed E-state index contributed by atoms with van der Waals surface area (Å²) in [5.74, 6) is 1.17. The van der Waals surface area contributed by atoms with Crippen molar-refractivity contribution in [2.45, 2.75) is 12.3 Å². The summed E-state index contributed by atoms with van der Waals surface area (Å²) in [6.45, 7) is 0. The van der Waals surface area contributed by atoms with Crippen molar-refractivity contribution in [3.05, 3.63) is 42.0 Å². The van der Waals surface area contributed by atoms with Gasteiger partial charge < -0.3 is 4.74 Å². The molecule has 0 unspecified atom stereocenters. The Bertz CT molecular complexity index is 683. The lowest BCUT2D eigenvalue weighted by Crippen LogP contribution is -2.27. The molecule has 0 N–H and O–H groups in total. The maximum absolute atomic E-state index is 12.2. The fourth-order valence-electron chi connectivity index (χ4n) is 2.86. The molecule has 0 saturated heterocycles. The third-order valence-electron chi connectivity index (χ3n) is 4.21. The van der Waals surface area contributed by atoms with Crippen LogP contribution in [0.15, 0.2) is 36.4 Å². The van der Waals surface area contributed by atoms with Crippen LogP contribution in [0.25, 0.3) is 10.8 Å². The second kappa shape index (κ2) is 5.37. The van der Waals surface area contributed by atoms with Crippen LogP contribution in [-0.2, 0) is 9.63 Å². The molecule has 21 heavy (non-hydrogen) atoms. The van der Waals surface area contributed by atoms with Crippen molar-refractivity contribution >= 4 is 16.7 Å². The third kappa shape index (κ3) is 2.47. The molecule has 1 aliphatic rings. The molecule has 2 aromatic rings. The van der Waals surface area contributed by atoms with E-state index in [1.165, 1.54) is 23.1 Å². The Labute approximate surface area is 124 Å². The lowest BCUT2D eigenvalue weighted by Gasteiger charge is -2.14. The Hall–Kier alpha value is -2.07. The summed E-state index contributed by atoms with van der Waals surface area (Å²) < 4.78 is 5.31. The molecule has 1 fully saturated rings. The molecule has 1 saturated carbocycles. The SMILES string of the molecule is COc1ccc2cccc([C@@H]3C[C@H]3C(=O)N(C)OC)c2c1. The number of hydrogen-bond acceptors (Lipinski definition) is 3. The average molecular weight is 285 g/mol. The van der Waals surface area contributed by atoms with E-state index in [0.717, 1.165) is 17.6 Å². The highest BCUT2D eigenvalue weighted by Crippen LogP contribution is 2.50. The van der Waals surface area contributed by atoms with Crippen molar-refractivity contribution in [1.82, 2.24) is 5.06 Å². The maximum Gasteiger partial charge on any atom is 0.249 e. The number of hydroxylamine groups is 2. The fraction of sp³-hybridized carbons (Fsp3) is 0.353. The Morgan fingerprint density at radius 3 is 2.76 bits per heavy atom. The number of rotatable bonds is 4. The molecule has 0 spiro atoms. The van der Waals surface area contributed by atoms with Crippen molar-refractivity contribution in [3.8, 4) is 5.75 Å². The van der Waals surface area contributed by atoms with Crippen LogP contribution in [0.5, 0.6) is 5.75 Å². The van der Waals surface area contributed by atoms with Crippen LogP contribution in [0.3, 0.4) is 0 Å². The molecule has 0 heterocycles. The van der Waals surface area contributed by atoms with E-state index in [0.29, 0.717) is 0 Å².